The van der Waals surface area contributed by atoms with Gasteiger partial charge in [0.1, 0.15) is 0 Å². The van der Waals surface area contributed by atoms with Gasteiger partial charge in [0.15, 0.2) is 23.4 Å². The number of hydrogen-bond donors (Lipinski definition) is 1. The van der Waals surface area contributed by atoms with E-state index in [1.54, 1.807) is 14.0 Å². The monoisotopic (exact) mass is 460 g/mol. The maximum atomic E-state index is 12.6. The van der Waals surface area contributed by atoms with Crippen LogP contribution in [0.4, 0.5) is 11.5 Å². The van der Waals surface area contributed by atoms with E-state index in [2.05, 4.69) is 20.4 Å². The van der Waals surface area contributed by atoms with E-state index < -0.39 is 6.10 Å². The Bertz CT molecular complexity index is 1090. The van der Waals surface area contributed by atoms with Gasteiger partial charge in [-0.3, -0.25) is 4.79 Å². The number of nitrogens with zero attached hydrogens (tertiary/aromatic N) is 3. The highest BCUT2D eigenvalue weighted by molar-refractivity contribution is 5.94. The second-order valence-corrected chi connectivity index (χ2v) is 8.66. The van der Waals surface area contributed by atoms with E-state index in [-0.39, 0.29) is 5.91 Å². The van der Waals surface area contributed by atoms with Gasteiger partial charge in [0.25, 0.3) is 5.91 Å². The van der Waals surface area contributed by atoms with Gasteiger partial charge < -0.3 is 19.7 Å². The summed E-state index contributed by atoms with van der Waals surface area (Å²) in [6.45, 7) is 5.77. The van der Waals surface area contributed by atoms with Gasteiger partial charge in [0.05, 0.1) is 12.8 Å². The van der Waals surface area contributed by atoms with Crippen molar-refractivity contribution in [2.75, 3.05) is 30.4 Å². The van der Waals surface area contributed by atoms with Crippen LogP contribution in [0.3, 0.4) is 0 Å². The van der Waals surface area contributed by atoms with Crippen molar-refractivity contribution in [1.82, 2.24) is 10.2 Å². The lowest BCUT2D eigenvalue weighted by Gasteiger charge is -2.20. The van der Waals surface area contributed by atoms with Gasteiger partial charge in [0.2, 0.25) is 0 Å². The minimum Gasteiger partial charge on any atom is -0.493 e. The highest BCUT2D eigenvalue weighted by Gasteiger charge is 2.17. The van der Waals surface area contributed by atoms with Gasteiger partial charge in [-0.1, -0.05) is 31.0 Å². The molecule has 34 heavy (non-hydrogen) atoms. The molecule has 1 fully saturated rings. The van der Waals surface area contributed by atoms with Crippen LogP contribution in [-0.2, 0) is 4.79 Å². The Kier molecular flexibility index (Phi) is 7.62. The molecule has 2 aromatic carbocycles. The molecule has 1 unspecified atom stereocenters. The molecule has 2 heterocycles. The number of aromatic nitrogens is 2. The molecule has 3 aromatic rings. The summed E-state index contributed by atoms with van der Waals surface area (Å²) in [5, 5.41) is 11.8. The molecule has 1 aliphatic heterocycles. The van der Waals surface area contributed by atoms with Crippen molar-refractivity contribution in [3.05, 3.63) is 60.2 Å². The Morgan fingerprint density at radius 3 is 2.32 bits per heavy atom. The molecular weight excluding hydrogens is 428 g/mol. The third-order valence-corrected chi connectivity index (χ3v) is 6.02. The first-order valence-electron chi connectivity index (χ1n) is 11.8. The lowest BCUT2D eigenvalue weighted by Crippen LogP contribution is -2.30. The minimum atomic E-state index is -0.686. The number of methoxy groups -OCH3 is 1. The molecule has 0 spiro atoms. The van der Waals surface area contributed by atoms with E-state index in [0.717, 1.165) is 35.7 Å². The summed E-state index contributed by atoms with van der Waals surface area (Å²) >= 11 is 0. The molecule has 0 saturated carbocycles. The molecule has 0 radical (unpaired) electrons. The maximum Gasteiger partial charge on any atom is 0.265 e. The van der Waals surface area contributed by atoms with Crippen LogP contribution in [0.25, 0.3) is 11.3 Å². The van der Waals surface area contributed by atoms with E-state index >= 15 is 0 Å². The Balaban J connectivity index is 1.36. The van der Waals surface area contributed by atoms with Crippen LogP contribution in [-0.4, -0.2) is 42.4 Å². The van der Waals surface area contributed by atoms with Crippen LogP contribution in [0.5, 0.6) is 11.5 Å². The predicted molar refractivity (Wildman–Crippen MR) is 135 cm³/mol. The average molecular weight is 461 g/mol. The quantitative estimate of drug-likeness (QED) is 0.519. The van der Waals surface area contributed by atoms with Crippen LogP contribution in [0.2, 0.25) is 0 Å². The molecule has 0 bridgehead atoms. The topological polar surface area (TPSA) is 76.6 Å². The summed E-state index contributed by atoms with van der Waals surface area (Å²) in [7, 11) is 1.58. The lowest BCUT2D eigenvalue weighted by atomic mass is 10.1. The number of anilines is 2. The van der Waals surface area contributed by atoms with E-state index in [4.69, 9.17) is 9.47 Å². The van der Waals surface area contributed by atoms with Gasteiger partial charge in [0, 0.05) is 24.3 Å². The van der Waals surface area contributed by atoms with Crippen molar-refractivity contribution in [2.24, 2.45) is 0 Å². The Morgan fingerprint density at radius 2 is 1.68 bits per heavy atom. The highest BCUT2D eigenvalue weighted by atomic mass is 16.5. The Hall–Kier alpha value is -3.61. The van der Waals surface area contributed by atoms with Crippen molar-refractivity contribution in [3.63, 3.8) is 0 Å². The molecule has 0 aliphatic carbocycles. The van der Waals surface area contributed by atoms with E-state index in [1.165, 1.54) is 25.7 Å². The fourth-order valence-corrected chi connectivity index (χ4v) is 4.03. The third-order valence-electron chi connectivity index (χ3n) is 6.02. The number of amides is 1. The molecule has 1 aromatic heterocycles. The summed E-state index contributed by atoms with van der Waals surface area (Å²) in [6.07, 6.45) is 4.30. The van der Waals surface area contributed by atoms with Gasteiger partial charge in [-0.2, -0.15) is 0 Å². The van der Waals surface area contributed by atoms with Crippen molar-refractivity contribution in [3.8, 4) is 22.8 Å². The number of aryl methyl sites for hydroxylation is 1. The fourth-order valence-electron chi connectivity index (χ4n) is 4.03. The van der Waals surface area contributed by atoms with E-state index in [9.17, 15) is 4.79 Å². The molecule has 1 aliphatic rings. The Morgan fingerprint density at radius 1 is 0.941 bits per heavy atom. The number of rotatable bonds is 7. The second kappa shape index (κ2) is 11.0. The van der Waals surface area contributed by atoms with Crippen LogP contribution >= 0.6 is 0 Å². The average Bonchev–Trinajstić information content (AvgIpc) is 3.15. The molecular formula is C27H32N4O3. The molecule has 7 heteroatoms. The lowest BCUT2D eigenvalue weighted by molar-refractivity contribution is -0.122. The number of carbonyl (C=O) groups is 1. The first-order valence-corrected chi connectivity index (χ1v) is 11.8. The molecule has 1 atom stereocenters. The molecule has 1 amide bonds. The number of nitrogens with one attached hydrogen (secondary N) is 1. The van der Waals surface area contributed by atoms with Crippen molar-refractivity contribution in [1.29, 1.82) is 0 Å². The van der Waals surface area contributed by atoms with Gasteiger partial charge in [-0.25, -0.2) is 0 Å². The van der Waals surface area contributed by atoms with Crippen molar-refractivity contribution < 1.29 is 14.3 Å². The molecule has 7 nitrogen and oxygen atoms in total. The number of carbonyl (C=O) groups excluding carboxylic acids is 1. The number of ether oxygens (including phenoxy) is 2. The molecule has 1 saturated heterocycles. The van der Waals surface area contributed by atoms with Crippen LogP contribution in [0.15, 0.2) is 54.6 Å². The third kappa shape index (κ3) is 5.84. The normalized spacial score (nSPS) is 14.7. The zero-order valence-corrected chi connectivity index (χ0v) is 20.1. The second-order valence-electron chi connectivity index (χ2n) is 8.66. The van der Waals surface area contributed by atoms with Crippen LogP contribution < -0.4 is 19.7 Å². The number of benzene rings is 2. The first kappa shape index (κ1) is 23.5. The predicted octanol–water partition coefficient (Wildman–Crippen LogP) is 5.25. The number of hydrogen-bond acceptors (Lipinski definition) is 6. The van der Waals surface area contributed by atoms with Crippen molar-refractivity contribution >= 4 is 17.4 Å². The minimum absolute atomic E-state index is 0.239. The van der Waals surface area contributed by atoms with Crippen LogP contribution in [0.1, 0.15) is 38.2 Å². The van der Waals surface area contributed by atoms with E-state index in [0.29, 0.717) is 17.2 Å². The van der Waals surface area contributed by atoms with E-state index in [1.807, 2.05) is 61.5 Å². The summed E-state index contributed by atoms with van der Waals surface area (Å²) in [4.78, 5) is 15.0. The summed E-state index contributed by atoms with van der Waals surface area (Å²) in [5.74, 6) is 1.84. The zero-order chi connectivity index (χ0) is 23.9. The van der Waals surface area contributed by atoms with Gasteiger partial charge in [-0.15, -0.1) is 10.2 Å². The molecule has 4 rings (SSSR count). The largest absolute Gasteiger partial charge is 0.493 e. The zero-order valence-electron chi connectivity index (χ0n) is 20.1. The van der Waals surface area contributed by atoms with Gasteiger partial charge in [-0.05, 0) is 68.7 Å². The summed E-state index contributed by atoms with van der Waals surface area (Å²) in [6, 6.07) is 17.2. The Labute approximate surface area is 201 Å². The smallest absolute Gasteiger partial charge is 0.265 e. The summed E-state index contributed by atoms with van der Waals surface area (Å²) in [5.41, 5.74) is 3.50. The first-order chi connectivity index (χ1) is 16.5. The fraction of sp³-hybridized carbons (Fsp3) is 0.370. The van der Waals surface area contributed by atoms with Crippen molar-refractivity contribution in [2.45, 2.75) is 45.6 Å². The SMILES string of the molecule is COc1cc(C)ccc1OC(C)C(=O)Nc1ccc(-c2ccc(N3CCCCCC3)nn2)cc1. The standard InChI is InChI=1S/C27H32N4O3/c1-19-8-14-24(25(18-19)33-3)34-20(2)27(32)28-22-11-9-21(10-12-22)23-13-15-26(30-29-23)31-16-6-4-5-7-17-31/h8-15,18,20H,4-7,16-17H2,1-3H3,(H,28,32). The summed E-state index contributed by atoms with van der Waals surface area (Å²) < 4.78 is 11.2. The maximum absolute atomic E-state index is 12.6. The van der Waals surface area contributed by atoms with Crippen LogP contribution in [0, 0.1) is 6.92 Å². The molecule has 178 valence electrons. The molecule has 1 N–H and O–H groups in total. The van der Waals surface area contributed by atoms with Gasteiger partial charge >= 0.3 is 0 Å². The highest BCUT2D eigenvalue weighted by Crippen LogP contribution is 2.29.